The molecule has 1 saturated heterocycles. The molecule has 0 radical (unpaired) electrons. The maximum Gasteiger partial charge on any atom is 0.293 e. The van der Waals surface area contributed by atoms with Gasteiger partial charge in [-0.1, -0.05) is 22.0 Å². The average Bonchev–Trinajstić information content (AvgIpc) is 3.15. The molecular weight excluding hydrogens is 416 g/mol. The SMILES string of the molecule is O=[N+]([O-])c1cc(Br)ccc1NCC1(c2ccc3c(c2)OCO3)CCOCC1. The Kier molecular flexibility index (Phi) is 4.92. The Morgan fingerprint density at radius 3 is 2.67 bits per heavy atom. The van der Waals surface area contributed by atoms with Crippen molar-refractivity contribution in [3.05, 3.63) is 56.5 Å². The van der Waals surface area contributed by atoms with E-state index in [-0.39, 0.29) is 22.8 Å². The van der Waals surface area contributed by atoms with E-state index in [4.69, 9.17) is 14.2 Å². The molecule has 142 valence electrons. The lowest BCUT2D eigenvalue weighted by molar-refractivity contribution is -0.384. The lowest BCUT2D eigenvalue weighted by atomic mass is 9.74. The van der Waals surface area contributed by atoms with Crippen molar-refractivity contribution >= 4 is 27.3 Å². The van der Waals surface area contributed by atoms with Crippen LogP contribution in [0.1, 0.15) is 18.4 Å². The first-order valence-corrected chi connectivity index (χ1v) is 9.52. The summed E-state index contributed by atoms with van der Waals surface area (Å²) in [6.45, 7) is 2.10. The fraction of sp³-hybridized carbons (Fsp3) is 0.368. The second-order valence-corrected chi connectivity index (χ2v) is 7.65. The molecule has 8 heteroatoms. The predicted octanol–water partition coefficient (Wildman–Crippen LogP) is 4.25. The smallest absolute Gasteiger partial charge is 0.293 e. The highest BCUT2D eigenvalue weighted by Gasteiger charge is 2.36. The Bertz CT molecular complexity index is 867. The Labute approximate surface area is 164 Å². The molecule has 0 unspecified atom stereocenters. The molecule has 0 saturated carbocycles. The summed E-state index contributed by atoms with van der Waals surface area (Å²) in [6, 6.07) is 11.0. The van der Waals surface area contributed by atoms with Gasteiger partial charge in [-0.2, -0.15) is 0 Å². The first-order valence-electron chi connectivity index (χ1n) is 8.73. The summed E-state index contributed by atoms with van der Waals surface area (Å²) in [5.74, 6) is 1.49. The molecule has 0 spiro atoms. The van der Waals surface area contributed by atoms with Crippen LogP contribution in [-0.4, -0.2) is 31.5 Å². The van der Waals surface area contributed by atoms with Gasteiger partial charge in [-0.3, -0.25) is 10.1 Å². The fourth-order valence-corrected chi connectivity index (χ4v) is 3.97. The Balaban J connectivity index is 1.63. The molecule has 1 fully saturated rings. The zero-order valence-corrected chi connectivity index (χ0v) is 16.2. The van der Waals surface area contributed by atoms with Gasteiger partial charge in [0.1, 0.15) is 5.69 Å². The molecule has 2 aliphatic heterocycles. The highest BCUT2D eigenvalue weighted by molar-refractivity contribution is 9.10. The van der Waals surface area contributed by atoms with Crippen molar-refractivity contribution in [3.63, 3.8) is 0 Å². The average molecular weight is 435 g/mol. The van der Waals surface area contributed by atoms with E-state index in [1.807, 2.05) is 12.1 Å². The van der Waals surface area contributed by atoms with Crippen LogP contribution in [0, 0.1) is 10.1 Å². The van der Waals surface area contributed by atoms with Gasteiger partial charge in [0.15, 0.2) is 11.5 Å². The van der Waals surface area contributed by atoms with Crippen molar-refractivity contribution in [2.75, 3.05) is 31.9 Å². The lowest BCUT2D eigenvalue weighted by Crippen LogP contribution is -2.40. The third kappa shape index (κ3) is 3.59. The molecule has 0 atom stereocenters. The number of nitrogens with zero attached hydrogens (tertiary/aromatic N) is 1. The van der Waals surface area contributed by atoms with Crippen molar-refractivity contribution in [2.45, 2.75) is 18.3 Å². The minimum Gasteiger partial charge on any atom is -0.454 e. The van der Waals surface area contributed by atoms with E-state index < -0.39 is 0 Å². The van der Waals surface area contributed by atoms with Crippen LogP contribution in [0.5, 0.6) is 11.5 Å². The number of halogens is 1. The normalized spacial score (nSPS) is 17.5. The zero-order chi connectivity index (χ0) is 18.9. The first-order chi connectivity index (χ1) is 13.1. The molecule has 2 aromatic rings. The number of nitro benzene ring substituents is 1. The van der Waals surface area contributed by atoms with Crippen LogP contribution in [0.4, 0.5) is 11.4 Å². The number of hydrogen-bond acceptors (Lipinski definition) is 6. The predicted molar refractivity (Wildman–Crippen MR) is 104 cm³/mol. The number of rotatable bonds is 5. The van der Waals surface area contributed by atoms with Crippen molar-refractivity contribution in [1.29, 1.82) is 0 Å². The van der Waals surface area contributed by atoms with Crippen LogP contribution in [0.2, 0.25) is 0 Å². The molecule has 7 nitrogen and oxygen atoms in total. The first kappa shape index (κ1) is 18.1. The van der Waals surface area contributed by atoms with Gasteiger partial charge < -0.3 is 19.5 Å². The van der Waals surface area contributed by atoms with E-state index in [0.717, 1.165) is 29.9 Å². The largest absolute Gasteiger partial charge is 0.454 e. The zero-order valence-electron chi connectivity index (χ0n) is 14.6. The second-order valence-electron chi connectivity index (χ2n) is 6.73. The van der Waals surface area contributed by atoms with Crippen LogP contribution < -0.4 is 14.8 Å². The molecule has 27 heavy (non-hydrogen) atoms. The quantitative estimate of drug-likeness (QED) is 0.559. The fourth-order valence-electron chi connectivity index (χ4n) is 3.63. The van der Waals surface area contributed by atoms with Gasteiger partial charge in [-0.15, -0.1) is 0 Å². The van der Waals surface area contributed by atoms with Crippen molar-refractivity contribution in [1.82, 2.24) is 0 Å². The van der Waals surface area contributed by atoms with Gasteiger partial charge in [0.25, 0.3) is 5.69 Å². The molecule has 0 aliphatic carbocycles. The topological polar surface area (TPSA) is 82.9 Å². The number of benzene rings is 2. The van der Waals surface area contributed by atoms with E-state index >= 15 is 0 Å². The Morgan fingerprint density at radius 1 is 1.11 bits per heavy atom. The summed E-state index contributed by atoms with van der Waals surface area (Å²) in [4.78, 5) is 11.0. The summed E-state index contributed by atoms with van der Waals surface area (Å²) in [5, 5.41) is 14.7. The third-order valence-electron chi connectivity index (χ3n) is 5.21. The monoisotopic (exact) mass is 434 g/mol. The summed E-state index contributed by atoms with van der Waals surface area (Å²) in [7, 11) is 0. The van der Waals surface area contributed by atoms with Crippen LogP contribution in [0.15, 0.2) is 40.9 Å². The lowest BCUT2D eigenvalue weighted by Gasteiger charge is -2.38. The van der Waals surface area contributed by atoms with Crippen LogP contribution in [-0.2, 0) is 10.2 Å². The maximum atomic E-state index is 11.4. The third-order valence-corrected chi connectivity index (χ3v) is 5.70. The number of ether oxygens (including phenoxy) is 3. The Hall–Kier alpha value is -2.32. The number of anilines is 1. The number of nitrogens with one attached hydrogen (secondary N) is 1. The van der Waals surface area contributed by atoms with Gasteiger partial charge in [0.05, 0.1) is 4.92 Å². The van der Waals surface area contributed by atoms with Crippen molar-refractivity contribution in [3.8, 4) is 11.5 Å². The number of hydrogen-bond donors (Lipinski definition) is 1. The van der Waals surface area contributed by atoms with E-state index in [1.54, 1.807) is 12.1 Å². The highest BCUT2D eigenvalue weighted by atomic mass is 79.9. The van der Waals surface area contributed by atoms with Gasteiger partial charge in [-0.05, 0) is 42.7 Å². The molecule has 2 aliphatic rings. The molecule has 0 bridgehead atoms. The van der Waals surface area contributed by atoms with Gasteiger partial charge >= 0.3 is 0 Å². The van der Waals surface area contributed by atoms with Gasteiger partial charge in [-0.25, -0.2) is 0 Å². The summed E-state index contributed by atoms with van der Waals surface area (Å²) in [5.41, 5.74) is 1.49. The van der Waals surface area contributed by atoms with E-state index in [2.05, 4.69) is 27.3 Å². The second kappa shape index (κ2) is 7.36. The highest BCUT2D eigenvalue weighted by Crippen LogP contribution is 2.41. The number of nitro groups is 1. The molecule has 4 rings (SSSR count). The van der Waals surface area contributed by atoms with Gasteiger partial charge in [0, 0.05) is 35.7 Å². The molecule has 2 heterocycles. The van der Waals surface area contributed by atoms with Crippen molar-refractivity contribution in [2.24, 2.45) is 0 Å². The van der Waals surface area contributed by atoms with Crippen LogP contribution in [0.3, 0.4) is 0 Å². The van der Waals surface area contributed by atoms with Gasteiger partial charge in [0.2, 0.25) is 6.79 Å². The van der Waals surface area contributed by atoms with E-state index in [0.29, 0.717) is 29.9 Å². The summed E-state index contributed by atoms with van der Waals surface area (Å²) < 4.78 is 17.2. The maximum absolute atomic E-state index is 11.4. The molecule has 0 aromatic heterocycles. The summed E-state index contributed by atoms with van der Waals surface area (Å²) in [6.07, 6.45) is 1.65. The minimum absolute atomic E-state index is 0.0530. The standard InChI is InChI=1S/C19H19BrN2O5/c20-14-2-3-15(16(10-14)22(23)24)21-11-19(5-7-25-8-6-19)13-1-4-17-18(9-13)27-12-26-17/h1-4,9-10,21H,5-8,11-12H2. The molecule has 2 aromatic carbocycles. The minimum atomic E-state index is -0.371. The van der Waals surface area contributed by atoms with E-state index in [9.17, 15) is 10.1 Å². The molecular formula is C19H19BrN2O5. The molecule has 1 N–H and O–H groups in total. The number of fused-ring (bicyclic) bond motifs is 1. The Morgan fingerprint density at radius 2 is 1.89 bits per heavy atom. The van der Waals surface area contributed by atoms with E-state index in [1.165, 1.54) is 6.07 Å². The van der Waals surface area contributed by atoms with Crippen LogP contribution in [0.25, 0.3) is 0 Å². The summed E-state index contributed by atoms with van der Waals surface area (Å²) >= 11 is 3.29. The van der Waals surface area contributed by atoms with Crippen molar-refractivity contribution < 1.29 is 19.1 Å². The van der Waals surface area contributed by atoms with Crippen LogP contribution >= 0.6 is 15.9 Å². The molecule has 0 amide bonds.